The number of rotatable bonds is 5. The lowest BCUT2D eigenvalue weighted by Gasteiger charge is -1.87. The second-order valence-corrected chi connectivity index (χ2v) is 2.20. The molecular weight excluding hydrogens is 126 g/mol. The molecule has 0 unspecified atom stereocenters. The van der Waals surface area contributed by atoms with Gasteiger partial charge in [0.15, 0.2) is 5.78 Å². The van der Waals surface area contributed by atoms with Crippen LogP contribution in [0.2, 0.25) is 0 Å². The Bertz CT molecular complexity index is 118. The number of allylic oxidation sites excluding steroid dienone is 2. The highest BCUT2D eigenvalue weighted by Gasteiger charge is 1.90. The highest BCUT2D eigenvalue weighted by atomic mass is 16.1. The summed E-state index contributed by atoms with van der Waals surface area (Å²) in [7, 11) is 0. The van der Waals surface area contributed by atoms with E-state index in [0.29, 0.717) is 13.0 Å². The molecule has 0 amide bonds. The maximum atomic E-state index is 10.8. The minimum absolute atomic E-state index is 0.135. The summed E-state index contributed by atoms with van der Waals surface area (Å²) in [5.41, 5.74) is 5.18. The van der Waals surface area contributed by atoms with E-state index < -0.39 is 0 Å². The number of hydrogen-bond donors (Lipinski definition) is 1. The summed E-state index contributed by atoms with van der Waals surface area (Å²) >= 11 is 0. The van der Waals surface area contributed by atoms with Crippen molar-refractivity contribution in [1.29, 1.82) is 0 Å². The zero-order valence-electron chi connectivity index (χ0n) is 6.47. The number of carbonyl (C=O) groups is 1. The molecule has 2 heteroatoms. The van der Waals surface area contributed by atoms with Crippen molar-refractivity contribution in [3.8, 4) is 0 Å². The van der Waals surface area contributed by atoms with E-state index in [1.54, 1.807) is 6.08 Å². The van der Waals surface area contributed by atoms with E-state index in [1.165, 1.54) is 0 Å². The first-order valence-corrected chi connectivity index (χ1v) is 3.70. The number of nitrogens with two attached hydrogens (primary N) is 1. The summed E-state index contributed by atoms with van der Waals surface area (Å²) < 4.78 is 0. The molecule has 0 saturated carbocycles. The van der Waals surface area contributed by atoms with Gasteiger partial charge < -0.3 is 5.73 Å². The summed E-state index contributed by atoms with van der Waals surface area (Å²) in [4.78, 5) is 10.8. The van der Waals surface area contributed by atoms with Crippen LogP contribution < -0.4 is 5.73 Å². The molecule has 0 aliphatic rings. The van der Waals surface area contributed by atoms with Gasteiger partial charge in [0.05, 0.1) is 0 Å². The number of unbranched alkanes of at least 4 members (excludes halogenated alkanes) is 1. The lowest BCUT2D eigenvalue weighted by Crippen LogP contribution is -2.04. The molecule has 58 valence electrons. The van der Waals surface area contributed by atoms with E-state index in [9.17, 15) is 4.79 Å². The molecule has 0 aromatic heterocycles. The van der Waals surface area contributed by atoms with Gasteiger partial charge in [-0.25, -0.2) is 0 Å². The zero-order chi connectivity index (χ0) is 7.82. The van der Waals surface area contributed by atoms with Crippen LogP contribution in [0.5, 0.6) is 0 Å². The monoisotopic (exact) mass is 141 g/mol. The normalized spacial score (nSPS) is 10.6. The summed E-state index contributed by atoms with van der Waals surface area (Å²) in [6.45, 7) is 2.53. The molecule has 0 heterocycles. The Morgan fingerprint density at radius 3 is 2.80 bits per heavy atom. The van der Waals surface area contributed by atoms with Crippen molar-refractivity contribution < 1.29 is 4.79 Å². The van der Waals surface area contributed by atoms with Crippen LogP contribution >= 0.6 is 0 Å². The third-order valence-corrected chi connectivity index (χ3v) is 1.15. The maximum Gasteiger partial charge on any atom is 0.156 e. The van der Waals surface area contributed by atoms with E-state index >= 15 is 0 Å². The Morgan fingerprint density at radius 1 is 1.60 bits per heavy atom. The van der Waals surface area contributed by atoms with Crippen molar-refractivity contribution in [2.75, 3.05) is 6.54 Å². The summed E-state index contributed by atoms with van der Waals surface area (Å²) in [5.74, 6) is 0.135. The van der Waals surface area contributed by atoms with E-state index in [4.69, 9.17) is 5.73 Å². The minimum atomic E-state index is 0.135. The van der Waals surface area contributed by atoms with Crippen LogP contribution in [-0.4, -0.2) is 12.3 Å². The number of carbonyl (C=O) groups excluding carboxylic acids is 1. The Kier molecular flexibility index (Phi) is 6.08. The molecule has 0 aliphatic carbocycles. The summed E-state index contributed by atoms with van der Waals surface area (Å²) in [5, 5.41) is 0. The number of ketones is 1. The van der Waals surface area contributed by atoms with E-state index in [-0.39, 0.29) is 5.78 Å². The Morgan fingerprint density at radius 2 is 2.30 bits per heavy atom. The first-order valence-electron chi connectivity index (χ1n) is 3.70. The average molecular weight is 141 g/mol. The largest absolute Gasteiger partial charge is 0.330 e. The van der Waals surface area contributed by atoms with Crippen LogP contribution in [0.3, 0.4) is 0 Å². The second kappa shape index (κ2) is 6.49. The zero-order valence-corrected chi connectivity index (χ0v) is 6.47. The van der Waals surface area contributed by atoms with Gasteiger partial charge in [-0.1, -0.05) is 19.4 Å². The van der Waals surface area contributed by atoms with Crippen molar-refractivity contribution in [3.05, 3.63) is 12.2 Å². The first-order chi connectivity index (χ1) is 4.81. The fourth-order valence-electron chi connectivity index (χ4n) is 0.607. The molecule has 0 aromatic rings. The van der Waals surface area contributed by atoms with Gasteiger partial charge in [-0.2, -0.15) is 0 Å². The quantitative estimate of drug-likeness (QED) is 0.586. The third-order valence-electron chi connectivity index (χ3n) is 1.15. The van der Waals surface area contributed by atoms with Crippen molar-refractivity contribution in [2.24, 2.45) is 5.73 Å². The van der Waals surface area contributed by atoms with Crippen LogP contribution in [0.4, 0.5) is 0 Å². The van der Waals surface area contributed by atoms with Crippen molar-refractivity contribution in [1.82, 2.24) is 0 Å². The fourth-order valence-corrected chi connectivity index (χ4v) is 0.607. The van der Waals surface area contributed by atoms with Crippen molar-refractivity contribution in [3.63, 3.8) is 0 Å². The molecular formula is C8H15NO. The van der Waals surface area contributed by atoms with E-state index in [0.717, 1.165) is 12.8 Å². The topological polar surface area (TPSA) is 43.1 Å². The van der Waals surface area contributed by atoms with Crippen LogP contribution in [-0.2, 0) is 4.79 Å². The summed E-state index contributed by atoms with van der Waals surface area (Å²) in [6, 6.07) is 0. The van der Waals surface area contributed by atoms with Gasteiger partial charge >= 0.3 is 0 Å². The highest BCUT2D eigenvalue weighted by molar-refractivity contribution is 5.89. The highest BCUT2D eigenvalue weighted by Crippen LogP contribution is 1.90. The van der Waals surface area contributed by atoms with Gasteiger partial charge in [-0.05, 0) is 19.0 Å². The van der Waals surface area contributed by atoms with Gasteiger partial charge in [0, 0.05) is 6.42 Å². The Hall–Kier alpha value is -0.630. The molecule has 2 nitrogen and oxygen atoms in total. The van der Waals surface area contributed by atoms with Crippen LogP contribution in [0, 0.1) is 0 Å². The van der Waals surface area contributed by atoms with Crippen LogP contribution in [0.1, 0.15) is 26.2 Å². The molecule has 0 aliphatic heterocycles. The first kappa shape index (κ1) is 9.37. The molecule has 10 heavy (non-hydrogen) atoms. The van der Waals surface area contributed by atoms with Gasteiger partial charge in [-0.15, -0.1) is 0 Å². The van der Waals surface area contributed by atoms with Gasteiger partial charge in [0.2, 0.25) is 0 Å². The second-order valence-electron chi connectivity index (χ2n) is 2.20. The van der Waals surface area contributed by atoms with Crippen LogP contribution in [0.15, 0.2) is 12.2 Å². The maximum absolute atomic E-state index is 10.8. The van der Waals surface area contributed by atoms with E-state index in [2.05, 4.69) is 6.92 Å². The third kappa shape index (κ3) is 5.51. The van der Waals surface area contributed by atoms with Gasteiger partial charge in [0.25, 0.3) is 0 Å². The lowest BCUT2D eigenvalue weighted by molar-refractivity contribution is -0.114. The summed E-state index contributed by atoms with van der Waals surface area (Å²) in [6.07, 6.45) is 6.07. The molecule has 2 N–H and O–H groups in total. The van der Waals surface area contributed by atoms with Gasteiger partial charge in [-0.3, -0.25) is 4.79 Å². The molecule has 0 saturated heterocycles. The molecule has 0 radical (unpaired) electrons. The Labute approximate surface area is 62.1 Å². The Balaban J connectivity index is 3.36. The molecule has 0 bridgehead atoms. The standard InChI is InChI=1S/C8H15NO/c1-2-3-4-5-8(10)6-7-9/h4-5H,2-3,6-7,9H2,1H3/b5-4+. The van der Waals surface area contributed by atoms with Crippen molar-refractivity contribution >= 4 is 5.78 Å². The predicted octanol–water partition coefficient (Wildman–Crippen LogP) is 1.26. The van der Waals surface area contributed by atoms with E-state index in [1.807, 2.05) is 6.08 Å². The molecule has 0 rings (SSSR count). The molecule has 0 atom stereocenters. The predicted molar refractivity (Wildman–Crippen MR) is 42.7 cm³/mol. The smallest absolute Gasteiger partial charge is 0.156 e. The fraction of sp³-hybridized carbons (Fsp3) is 0.625. The van der Waals surface area contributed by atoms with Crippen molar-refractivity contribution in [2.45, 2.75) is 26.2 Å². The molecule has 0 aromatic carbocycles. The minimum Gasteiger partial charge on any atom is -0.330 e. The average Bonchev–Trinajstić information content (AvgIpc) is 1.89. The lowest BCUT2D eigenvalue weighted by atomic mass is 10.2. The molecule has 0 spiro atoms. The molecule has 0 fully saturated rings. The SMILES string of the molecule is CCC/C=C/C(=O)CCN. The number of hydrogen-bond acceptors (Lipinski definition) is 2. The van der Waals surface area contributed by atoms with Crippen LogP contribution in [0.25, 0.3) is 0 Å². The van der Waals surface area contributed by atoms with Gasteiger partial charge in [0.1, 0.15) is 0 Å².